The summed E-state index contributed by atoms with van der Waals surface area (Å²) in [6.07, 6.45) is 0. The summed E-state index contributed by atoms with van der Waals surface area (Å²) in [5, 5.41) is 3.92. The average Bonchev–Trinajstić information content (AvgIpc) is 2.71. The van der Waals surface area contributed by atoms with E-state index in [0.717, 1.165) is 27.3 Å². The standard InChI is InChI=1S/C23H18O3/c1-25-18-11-10-16-13-21(22(26-2)14-17(16)12-18)23(24)20-9-5-7-15-6-3-4-8-19(15)20/h3-14H,1-2H3. The lowest BCUT2D eigenvalue weighted by Gasteiger charge is -2.12. The summed E-state index contributed by atoms with van der Waals surface area (Å²) < 4.78 is 10.8. The van der Waals surface area contributed by atoms with Crippen LogP contribution in [0.25, 0.3) is 21.5 Å². The van der Waals surface area contributed by atoms with E-state index in [9.17, 15) is 4.79 Å². The topological polar surface area (TPSA) is 35.5 Å². The number of ketones is 1. The van der Waals surface area contributed by atoms with Crippen molar-refractivity contribution < 1.29 is 14.3 Å². The zero-order chi connectivity index (χ0) is 18.1. The van der Waals surface area contributed by atoms with Crippen LogP contribution in [0.1, 0.15) is 15.9 Å². The lowest BCUT2D eigenvalue weighted by Crippen LogP contribution is -2.05. The Bertz CT molecular complexity index is 1120. The molecule has 26 heavy (non-hydrogen) atoms. The third kappa shape index (κ3) is 2.68. The number of hydrogen-bond acceptors (Lipinski definition) is 3. The van der Waals surface area contributed by atoms with E-state index in [0.29, 0.717) is 16.9 Å². The van der Waals surface area contributed by atoms with Gasteiger partial charge in [-0.3, -0.25) is 4.79 Å². The second-order valence-electron chi connectivity index (χ2n) is 6.12. The Hall–Kier alpha value is -3.33. The molecule has 0 N–H and O–H groups in total. The highest BCUT2D eigenvalue weighted by Gasteiger charge is 2.18. The van der Waals surface area contributed by atoms with Gasteiger partial charge in [-0.2, -0.15) is 0 Å². The van der Waals surface area contributed by atoms with Crippen LogP contribution in [-0.4, -0.2) is 20.0 Å². The highest BCUT2D eigenvalue weighted by atomic mass is 16.5. The fraction of sp³-hybridized carbons (Fsp3) is 0.0870. The summed E-state index contributed by atoms with van der Waals surface area (Å²) in [4.78, 5) is 13.3. The van der Waals surface area contributed by atoms with Gasteiger partial charge < -0.3 is 9.47 Å². The number of fused-ring (bicyclic) bond motifs is 2. The maximum atomic E-state index is 13.3. The second kappa shape index (κ2) is 6.52. The molecule has 0 spiro atoms. The third-order valence-corrected chi connectivity index (χ3v) is 4.64. The van der Waals surface area contributed by atoms with Crippen molar-refractivity contribution >= 4 is 27.3 Å². The van der Waals surface area contributed by atoms with Crippen LogP contribution in [0.3, 0.4) is 0 Å². The van der Waals surface area contributed by atoms with Crippen molar-refractivity contribution in [3.63, 3.8) is 0 Å². The van der Waals surface area contributed by atoms with Crippen molar-refractivity contribution in [1.82, 2.24) is 0 Å². The van der Waals surface area contributed by atoms with Gasteiger partial charge in [-0.25, -0.2) is 0 Å². The summed E-state index contributed by atoms with van der Waals surface area (Å²) >= 11 is 0. The first kappa shape index (κ1) is 16.2. The minimum atomic E-state index is -0.0450. The normalized spacial score (nSPS) is 10.8. The molecule has 4 aromatic rings. The van der Waals surface area contributed by atoms with E-state index in [4.69, 9.17) is 9.47 Å². The van der Waals surface area contributed by atoms with Crippen molar-refractivity contribution in [3.05, 3.63) is 83.9 Å². The molecule has 0 saturated heterocycles. The van der Waals surface area contributed by atoms with Gasteiger partial charge in [0.15, 0.2) is 5.78 Å². The van der Waals surface area contributed by atoms with E-state index in [2.05, 4.69) is 0 Å². The molecule has 0 aliphatic carbocycles. The number of ether oxygens (including phenoxy) is 2. The van der Waals surface area contributed by atoms with Crippen LogP contribution >= 0.6 is 0 Å². The number of hydrogen-bond donors (Lipinski definition) is 0. The van der Waals surface area contributed by atoms with Gasteiger partial charge in [-0.05, 0) is 45.8 Å². The first-order valence-electron chi connectivity index (χ1n) is 8.39. The predicted octanol–water partition coefficient (Wildman–Crippen LogP) is 5.24. The van der Waals surface area contributed by atoms with Crippen molar-refractivity contribution in [2.75, 3.05) is 14.2 Å². The average molecular weight is 342 g/mol. The molecule has 0 fully saturated rings. The van der Waals surface area contributed by atoms with E-state index in [-0.39, 0.29) is 5.78 Å². The maximum absolute atomic E-state index is 13.3. The molecule has 0 unspecified atom stereocenters. The van der Waals surface area contributed by atoms with Crippen LogP contribution in [-0.2, 0) is 0 Å². The molecule has 0 radical (unpaired) electrons. The lowest BCUT2D eigenvalue weighted by molar-refractivity contribution is 0.103. The minimum absolute atomic E-state index is 0.0450. The Balaban J connectivity index is 1.90. The molecule has 3 heteroatoms. The van der Waals surface area contributed by atoms with Crippen molar-refractivity contribution in [3.8, 4) is 11.5 Å². The van der Waals surface area contributed by atoms with E-state index in [1.165, 1.54) is 0 Å². The van der Waals surface area contributed by atoms with Gasteiger partial charge in [0.1, 0.15) is 11.5 Å². The van der Waals surface area contributed by atoms with Crippen LogP contribution in [0.4, 0.5) is 0 Å². The number of carbonyl (C=O) groups is 1. The SMILES string of the molecule is COc1ccc2cc(C(=O)c3cccc4ccccc34)c(OC)cc2c1. The maximum Gasteiger partial charge on any atom is 0.197 e. The molecular formula is C23H18O3. The van der Waals surface area contributed by atoms with Gasteiger partial charge in [0.25, 0.3) is 0 Å². The molecule has 4 rings (SSSR count). The molecule has 3 nitrogen and oxygen atoms in total. The van der Waals surface area contributed by atoms with E-state index >= 15 is 0 Å². The molecule has 0 bridgehead atoms. The smallest absolute Gasteiger partial charge is 0.197 e. The number of rotatable bonds is 4. The molecule has 4 aromatic carbocycles. The molecule has 0 heterocycles. The van der Waals surface area contributed by atoms with Crippen LogP contribution < -0.4 is 9.47 Å². The molecule has 0 aliphatic heterocycles. The first-order chi connectivity index (χ1) is 12.7. The Labute approximate surface area is 151 Å². The Kier molecular flexibility index (Phi) is 4.05. The third-order valence-electron chi connectivity index (χ3n) is 4.64. The molecule has 0 saturated carbocycles. The molecule has 0 aromatic heterocycles. The summed E-state index contributed by atoms with van der Waals surface area (Å²) in [6, 6.07) is 23.2. The second-order valence-corrected chi connectivity index (χ2v) is 6.12. The number of methoxy groups -OCH3 is 2. The fourth-order valence-electron chi connectivity index (χ4n) is 3.30. The highest BCUT2D eigenvalue weighted by Crippen LogP contribution is 2.31. The Morgan fingerprint density at radius 1 is 0.692 bits per heavy atom. The summed E-state index contributed by atoms with van der Waals surface area (Å²) in [6.45, 7) is 0. The number of carbonyl (C=O) groups excluding carboxylic acids is 1. The lowest BCUT2D eigenvalue weighted by atomic mass is 9.95. The van der Waals surface area contributed by atoms with Crippen LogP contribution in [0.5, 0.6) is 11.5 Å². The van der Waals surface area contributed by atoms with Crippen molar-refractivity contribution in [2.45, 2.75) is 0 Å². The van der Waals surface area contributed by atoms with E-state index < -0.39 is 0 Å². The highest BCUT2D eigenvalue weighted by molar-refractivity contribution is 6.18. The molecule has 0 atom stereocenters. The van der Waals surface area contributed by atoms with Gasteiger partial charge in [-0.1, -0.05) is 48.5 Å². The zero-order valence-corrected chi connectivity index (χ0v) is 14.7. The molecule has 128 valence electrons. The number of benzene rings is 4. The fourth-order valence-corrected chi connectivity index (χ4v) is 3.30. The monoisotopic (exact) mass is 342 g/mol. The first-order valence-corrected chi connectivity index (χ1v) is 8.39. The Morgan fingerprint density at radius 3 is 2.31 bits per heavy atom. The summed E-state index contributed by atoms with van der Waals surface area (Å²) in [5.41, 5.74) is 1.23. The van der Waals surface area contributed by atoms with E-state index in [1.807, 2.05) is 72.8 Å². The van der Waals surface area contributed by atoms with E-state index in [1.54, 1.807) is 14.2 Å². The zero-order valence-electron chi connectivity index (χ0n) is 14.7. The van der Waals surface area contributed by atoms with Gasteiger partial charge >= 0.3 is 0 Å². The van der Waals surface area contributed by atoms with Gasteiger partial charge in [0.2, 0.25) is 0 Å². The van der Waals surface area contributed by atoms with Gasteiger partial charge in [0.05, 0.1) is 19.8 Å². The summed E-state index contributed by atoms with van der Waals surface area (Å²) in [7, 11) is 3.22. The minimum Gasteiger partial charge on any atom is -0.497 e. The van der Waals surface area contributed by atoms with Crippen LogP contribution in [0, 0.1) is 0 Å². The van der Waals surface area contributed by atoms with Crippen molar-refractivity contribution in [1.29, 1.82) is 0 Å². The molecule has 0 amide bonds. The van der Waals surface area contributed by atoms with Crippen LogP contribution in [0.15, 0.2) is 72.8 Å². The molecular weight excluding hydrogens is 324 g/mol. The largest absolute Gasteiger partial charge is 0.497 e. The Morgan fingerprint density at radius 2 is 1.50 bits per heavy atom. The van der Waals surface area contributed by atoms with Crippen LogP contribution in [0.2, 0.25) is 0 Å². The predicted molar refractivity (Wildman–Crippen MR) is 104 cm³/mol. The van der Waals surface area contributed by atoms with Gasteiger partial charge in [0, 0.05) is 5.56 Å². The summed E-state index contributed by atoms with van der Waals surface area (Å²) in [5.74, 6) is 1.28. The van der Waals surface area contributed by atoms with Crippen molar-refractivity contribution in [2.24, 2.45) is 0 Å². The quantitative estimate of drug-likeness (QED) is 0.476. The molecule has 0 aliphatic rings. The van der Waals surface area contributed by atoms with Gasteiger partial charge in [-0.15, -0.1) is 0 Å².